The minimum absolute atomic E-state index is 0.0681. The molecule has 0 bridgehead atoms. The zero-order valence-corrected chi connectivity index (χ0v) is 17.9. The van der Waals surface area contributed by atoms with E-state index >= 15 is 0 Å². The fourth-order valence-electron chi connectivity index (χ4n) is 3.54. The van der Waals surface area contributed by atoms with Gasteiger partial charge in [-0.1, -0.05) is 70.4 Å². The Morgan fingerprint density at radius 2 is 1.46 bits per heavy atom. The Morgan fingerprint density at radius 1 is 0.893 bits per heavy atom. The first kappa shape index (κ1) is 25.6. The number of hydrogen-bond acceptors (Lipinski definition) is 5. The van der Waals surface area contributed by atoms with Crippen molar-refractivity contribution in [2.45, 2.75) is 115 Å². The summed E-state index contributed by atoms with van der Waals surface area (Å²) in [7, 11) is 0. The van der Waals surface area contributed by atoms with Gasteiger partial charge in [-0.25, -0.2) is 0 Å². The van der Waals surface area contributed by atoms with Crippen molar-refractivity contribution < 1.29 is 24.8 Å². The molecule has 28 heavy (non-hydrogen) atoms. The fraction of sp³-hybridized carbons (Fsp3) is 0.913. The lowest BCUT2D eigenvalue weighted by Gasteiger charge is -2.20. The van der Waals surface area contributed by atoms with Crippen LogP contribution >= 0.6 is 0 Å². The van der Waals surface area contributed by atoms with Crippen LogP contribution in [0.5, 0.6) is 0 Å². The van der Waals surface area contributed by atoms with E-state index in [0.29, 0.717) is 6.61 Å². The van der Waals surface area contributed by atoms with Crippen molar-refractivity contribution in [3.05, 3.63) is 12.2 Å². The van der Waals surface area contributed by atoms with Crippen LogP contribution in [0.25, 0.3) is 0 Å². The molecule has 5 nitrogen and oxygen atoms in total. The molecule has 0 aromatic heterocycles. The Morgan fingerprint density at radius 3 is 2.04 bits per heavy atom. The molecule has 0 saturated carbocycles. The Labute approximate surface area is 172 Å². The molecule has 1 rings (SSSR count). The lowest BCUT2D eigenvalue weighted by atomic mass is 10.1. The van der Waals surface area contributed by atoms with Crippen molar-refractivity contribution >= 4 is 0 Å². The number of unbranched alkanes of at least 4 members (excludes halogenated alkanes) is 11. The quantitative estimate of drug-likeness (QED) is 0.238. The summed E-state index contributed by atoms with van der Waals surface area (Å²) >= 11 is 0. The van der Waals surface area contributed by atoms with E-state index in [-0.39, 0.29) is 13.2 Å². The molecule has 0 aliphatic carbocycles. The second-order valence-electron chi connectivity index (χ2n) is 8.08. The second-order valence-corrected chi connectivity index (χ2v) is 8.08. The van der Waals surface area contributed by atoms with E-state index in [1.807, 2.05) is 0 Å². The SMILES string of the molecule is CCCCC/C=C/CCCCCCCCCCOC[C@H](O)[C@@H]1OC[C@@H](O)[C@@H]1O. The van der Waals surface area contributed by atoms with Crippen LogP contribution in [0.3, 0.4) is 0 Å². The van der Waals surface area contributed by atoms with Gasteiger partial charge in [0, 0.05) is 6.61 Å². The normalized spacial score (nSPS) is 23.6. The molecule has 0 amide bonds. The van der Waals surface area contributed by atoms with Crippen molar-refractivity contribution in [2.75, 3.05) is 19.8 Å². The highest BCUT2D eigenvalue weighted by Crippen LogP contribution is 2.18. The van der Waals surface area contributed by atoms with Gasteiger partial charge in [0.15, 0.2) is 0 Å². The van der Waals surface area contributed by atoms with Crippen molar-refractivity contribution in [2.24, 2.45) is 0 Å². The highest BCUT2D eigenvalue weighted by atomic mass is 16.5. The summed E-state index contributed by atoms with van der Waals surface area (Å²) in [4.78, 5) is 0. The van der Waals surface area contributed by atoms with Crippen molar-refractivity contribution in [1.29, 1.82) is 0 Å². The van der Waals surface area contributed by atoms with Gasteiger partial charge >= 0.3 is 0 Å². The van der Waals surface area contributed by atoms with Crippen LogP contribution in [-0.2, 0) is 9.47 Å². The molecule has 0 aromatic rings. The molecule has 1 heterocycles. The zero-order chi connectivity index (χ0) is 20.5. The number of allylic oxidation sites excluding steroid dienone is 2. The average molecular weight is 401 g/mol. The predicted octanol–water partition coefficient (Wildman–Crippen LogP) is 4.13. The van der Waals surface area contributed by atoms with E-state index in [1.54, 1.807) is 0 Å². The molecule has 0 aromatic carbocycles. The molecule has 3 N–H and O–H groups in total. The van der Waals surface area contributed by atoms with Crippen LogP contribution in [0.1, 0.15) is 90.4 Å². The van der Waals surface area contributed by atoms with Crippen LogP contribution in [0.15, 0.2) is 12.2 Å². The topological polar surface area (TPSA) is 79.2 Å². The van der Waals surface area contributed by atoms with Crippen molar-refractivity contribution in [3.63, 3.8) is 0 Å². The van der Waals surface area contributed by atoms with E-state index in [9.17, 15) is 15.3 Å². The minimum atomic E-state index is -1.03. The first-order valence-electron chi connectivity index (χ1n) is 11.5. The number of aliphatic hydroxyl groups is 3. The number of ether oxygens (including phenoxy) is 2. The lowest BCUT2D eigenvalue weighted by molar-refractivity contribution is -0.0813. The Hall–Kier alpha value is -0.460. The van der Waals surface area contributed by atoms with Gasteiger partial charge in [0.1, 0.15) is 24.4 Å². The van der Waals surface area contributed by atoms with E-state index in [4.69, 9.17) is 9.47 Å². The Bertz CT molecular complexity index is 374. The van der Waals surface area contributed by atoms with E-state index in [2.05, 4.69) is 19.1 Å². The average Bonchev–Trinajstić information content (AvgIpc) is 3.03. The summed E-state index contributed by atoms with van der Waals surface area (Å²) in [5, 5.41) is 29.0. The largest absolute Gasteiger partial charge is 0.388 e. The van der Waals surface area contributed by atoms with Crippen LogP contribution in [0.4, 0.5) is 0 Å². The summed E-state index contributed by atoms with van der Waals surface area (Å²) in [6.07, 6.45) is 17.6. The summed E-state index contributed by atoms with van der Waals surface area (Å²) in [5.74, 6) is 0. The number of aliphatic hydroxyl groups excluding tert-OH is 3. The molecule has 166 valence electrons. The van der Waals surface area contributed by atoms with Crippen LogP contribution in [0, 0.1) is 0 Å². The highest BCUT2D eigenvalue weighted by Gasteiger charge is 2.39. The predicted molar refractivity (Wildman–Crippen MR) is 113 cm³/mol. The first-order chi connectivity index (χ1) is 13.7. The second kappa shape index (κ2) is 17.4. The lowest BCUT2D eigenvalue weighted by Crippen LogP contribution is -2.40. The van der Waals surface area contributed by atoms with Gasteiger partial charge in [0.25, 0.3) is 0 Å². The monoisotopic (exact) mass is 400 g/mol. The van der Waals surface area contributed by atoms with Crippen molar-refractivity contribution in [3.8, 4) is 0 Å². The molecule has 1 fully saturated rings. The third-order valence-electron chi connectivity index (χ3n) is 5.41. The van der Waals surface area contributed by atoms with Crippen LogP contribution < -0.4 is 0 Å². The van der Waals surface area contributed by atoms with Gasteiger partial charge in [0.05, 0.1) is 13.2 Å². The molecular weight excluding hydrogens is 356 g/mol. The van der Waals surface area contributed by atoms with Crippen LogP contribution in [-0.4, -0.2) is 59.6 Å². The molecule has 1 aliphatic rings. The standard InChI is InChI=1S/C23H44O5/c1-2-3-4-5-6-7-8-9-10-11-12-13-14-15-16-17-27-18-21(25)23-22(26)20(24)19-28-23/h6-7,20-26H,2-5,8-19H2,1H3/b7-6+/t20-,21+,22+,23+/m1/s1. The summed E-state index contributed by atoms with van der Waals surface area (Å²) in [5.41, 5.74) is 0. The van der Waals surface area contributed by atoms with E-state index < -0.39 is 24.4 Å². The van der Waals surface area contributed by atoms with Gasteiger partial charge in [-0.3, -0.25) is 0 Å². The molecule has 0 spiro atoms. The van der Waals surface area contributed by atoms with Gasteiger partial charge < -0.3 is 24.8 Å². The zero-order valence-electron chi connectivity index (χ0n) is 17.9. The molecular formula is C23H44O5. The molecule has 1 aliphatic heterocycles. The fourth-order valence-corrected chi connectivity index (χ4v) is 3.54. The third kappa shape index (κ3) is 12.2. The minimum Gasteiger partial charge on any atom is -0.388 e. The summed E-state index contributed by atoms with van der Waals surface area (Å²) in [6.45, 7) is 3.07. The van der Waals surface area contributed by atoms with Crippen molar-refractivity contribution in [1.82, 2.24) is 0 Å². The van der Waals surface area contributed by atoms with E-state index in [0.717, 1.165) is 12.8 Å². The maximum Gasteiger partial charge on any atom is 0.114 e. The van der Waals surface area contributed by atoms with Gasteiger partial charge in [-0.05, 0) is 32.1 Å². The van der Waals surface area contributed by atoms with Gasteiger partial charge in [0.2, 0.25) is 0 Å². The molecule has 4 atom stereocenters. The molecule has 5 heteroatoms. The summed E-state index contributed by atoms with van der Waals surface area (Å²) < 4.78 is 10.7. The summed E-state index contributed by atoms with van der Waals surface area (Å²) in [6, 6.07) is 0. The number of rotatable bonds is 18. The maximum atomic E-state index is 9.94. The Kier molecular flexibility index (Phi) is 15.9. The van der Waals surface area contributed by atoms with Gasteiger partial charge in [-0.15, -0.1) is 0 Å². The first-order valence-corrected chi connectivity index (χ1v) is 11.5. The molecule has 1 saturated heterocycles. The van der Waals surface area contributed by atoms with Crippen LogP contribution in [0.2, 0.25) is 0 Å². The number of hydrogen-bond donors (Lipinski definition) is 3. The highest BCUT2D eigenvalue weighted by molar-refractivity contribution is 4.87. The molecule has 0 radical (unpaired) electrons. The van der Waals surface area contributed by atoms with E-state index in [1.165, 1.54) is 70.6 Å². The maximum absolute atomic E-state index is 9.94. The smallest absolute Gasteiger partial charge is 0.114 e. The third-order valence-corrected chi connectivity index (χ3v) is 5.41. The Balaban J connectivity index is 1.78. The molecule has 0 unspecified atom stereocenters. The van der Waals surface area contributed by atoms with Gasteiger partial charge in [-0.2, -0.15) is 0 Å².